The fraction of sp³-hybridized carbons (Fsp3) is 0.706. The van der Waals surface area contributed by atoms with Gasteiger partial charge in [0, 0.05) is 44.5 Å². The summed E-state index contributed by atoms with van der Waals surface area (Å²) < 4.78 is 5.09. The first-order valence-electron chi connectivity index (χ1n) is 8.27. The Labute approximate surface area is 128 Å². The summed E-state index contributed by atoms with van der Waals surface area (Å²) in [7, 11) is 1.74. The maximum atomic E-state index is 5.09. The largest absolute Gasteiger partial charge is 0.383 e. The Kier molecular flexibility index (Phi) is 6.96. The summed E-state index contributed by atoms with van der Waals surface area (Å²) in [6.07, 6.45) is 8.63. The molecule has 1 saturated carbocycles. The van der Waals surface area contributed by atoms with Crippen LogP contribution in [0.3, 0.4) is 0 Å². The Balaban J connectivity index is 2.05. The van der Waals surface area contributed by atoms with Crippen LogP contribution in [0.2, 0.25) is 0 Å². The minimum Gasteiger partial charge on any atom is -0.383 e. The van der Waals surface area contributed by atoms with Crippen molar-refractivity contribution in [1.29, 1.82) is 0 Å². The van der Waals surface area contributed by atoms with Crippen molar-refractivity contribution >= 4 is 5.82 Å². The van der Waals surface area contributed by atoms with E-state index in [9.17, 15) is 0 Å². The molecule has 1 aromatic rings. The highest BCUT2D eigenvalue weighted by Gasteiger charge is 2.22. The zero-order chi connectivity index (χ0) is 14.9. The number of hydrogen-bond acceptors (Lipinski definition) is 4. The lowest BCUT2D eigenvalue weighted by atomic mass is 9.94. The second kappa shape index (κ2) is 9.00. The fourth-order valence-electron chi connectivity index (χ4n) is 3.20. The second-order valence-electron chi connectivity index (χ2n) is 5.73. The summed E-state index contributed by atoms with van der Waals surface area (Å²) in [5.74, 6) is 1.16. The van der Waals surface area contributed by atoms with E-state index in [0.717, 1.165) is 32.1 Å². The van der Waals surface area contributed by atoms with Gasteiger partial charge in [0.2, 0.25) is 0 Å². The lowest BCUT2D eigenvalue weighted by Crippen LogP contribution is -2.38. The molecule has 0 aromatic carbocycles. The highest BCUT2D eigenvalue weighted by Crippen LogP contribution is 2.27. The van der Waals surface area contributed by atoms with Crippen molar-refractivity contribution in [1.82, 2.24) is 10.3 Å². The molecule has 1 aromatic heterocycles. The summed E-state index contributed by atoms with van der Waals surface area (Å²) in [4.78, 5) is 7.19. The first-order chi connectivity index (χ1) is 10.4. The summed E-state index contributed by atoms with van der Waals surface area (Å²) in [6.45, 7) is 5.75. The molecule has 2 rings (SSSR count). The molecule has 118 valence electrons. The average Bonchev–Trinajstić information content (AvgIpc) is 2.55. The Morgan fingerprint density at radius 2 is 2.14 bits per heavy atom. The Bertz CT molecular complexity index is 405. The van der Waals surface area contributed by atoms with Gasteiger partial charge in [0.25, 0.3) is 0 Å². The second-order valence-corrected chi connectivity index (χ2v) is 5.73. The Hall–Kier alpha value is -1.13. The molecule has 0 amide bonds. The molecule has 0 radical (unpaired) electrons. The number of nitrogens with zero attached hydrogens (tertiary/aromatic N) is 2. The van der Waals surface area contributed by atoms with Gasteiger partial charge in [-0.25, -0.2) is 4.98 Å². The molecule has 4 nitrogen and oxygen atoms in total. The molecule has 1 N–H and O–H groups in total. The van der Waals surface area contributed by atoms with Crippen molar-refractivity contribution in [3.63, 3.8) is 0 Å². The number of rotatable bonds is 8. The normalized spacial score (nSPS) is 16.1. The third kappa shape index (κ3) is 4.68. The smallest absolute Gasteiger partial charge is 0.133 e. The molecule has 1 aliphatic rings. The molecule has 0 atom stereocenters. The Morgan fingerprint density at radius 3 is 2.86 bits per heavy atom. The van der Waals surface area contributed by atoms with E-state index < -0.39 is 0 Å². The zero-order valence-corrected chi connectivity index (χ0v) is 13.5. The standard InChI is InChI=1S/C17H29N3O/c1-3-20(16-9-5-4-6-10-16)17-15(8-7-11-19-17)14-18-12-13-21-2/h7-8,11,16,18H,3-6,9-10,12-14H2,1-2H3. The summed E-state index contributed by atoms with van der Waals surface area (Å²) in [5, 5.41) is 3.43. The minimum absolute atomic E-state index is 0.663. The van der Waals surface area contributed by atoms with Gasteiger partial charge in [-0.2, -0.15) is 0 Å². The highest BCUT2D eigenvalue weighted by atomic mass is 16.5. The van der Waals surface area contributed by atoms with Crippen molar-refractivity contribution in [2.75, 3.05) is 31.7 Å². The van der Waals surface area contributed by atoms with Crippen molar-refractivity contribution in [3.05, 3.63) is 23.9 Å². The van der Waals surface area contributed by atoms with E-state index in [1.807, 2.05) is 12.3 Å². The Morgan fingerprint density at radius 1 is 1.33 bits per heavy atom. The molecular formula is C17H29N3O. The van der Waals surface area contributed by atoms with Crippen LogP contribution in [-0.2, 0) is 11.3 Å². The van der Waals surface area contributed by atoms with Gasteiger partial charge < -0.3 is 15.0 Å². The molecule has 1 heterocycles. The van der Waals surface area contributed by atoms with Crippen molar-refractivity contribution in [2.24, 2.45) is 0 Å². The number of ether oxygens (including phenoxy) is 1. The van der Waals surface area contributed by atoms with Crippen LogP contribution in [0, 0.1) is 0 Å². The van der Waals surface area contributed by atoms with Crippen LogP contribution in [-0.4, -0.2) is 37.8 Å². The summed E-state index contributed by atoms with van der Waals surface area (Å²) >= 11 is 0. The quantitative estimate of drug-likeness (QED) is 0.747. The molecule has 0 bridgehead atoms. The van der Waals surface area contributed by atoms with Gasteiger partial charge in [-0.1, -0.05) is 25.3 Å². The molecule has 0 spiro atoms. The number of hydrogen-bond donors (Lipinski definition) is 1. The van der Waals surface area contributed by atoms with E-state index in [4.69, 9.17) is 4.74 Å². The van der Waals surface area contributed by atoms with E-state index in [1.54, 1.807) is 7.11 Å². The van der Waals surface area contributed by atoms with Crippen molar-refractivity contribution in [2.45, 2.75) is 51.6 Å². The van der Waals surface area contributed by atoms with Crippen LogP contribution < -0.4 is 10.2 Å². The van der Waals surface area contributed by atoms with E-state index >= 15 is 0 Å². The van der Waals surface area contributed by atoms with E-state index in [2.05, 4.69) is 28.2 Å². The van der Waals surface area contributed by atoms with Gasteiger partial charge >= 0.3 is 0 Å². The summed E-state index contributed by atoms with van der Waals surface area (Å²) in [6, 6.07) is 4.88. The first-order valence-corrected chi connectivity index (χ1v) is 8.27. The lowest BCUT2D eigenvalue weighted by Gasteiger charge is -2.35. The molecule has 0 unspecified atom stereocenters. The maximum Gasteiger partial charge on any atom is 0.133 e. The predicted molar refractivity (Wildman–Crippen MR) is 87.7 cm³/mol. The lowest BCUT2D eigenvalue weighted by molar-refractivity contribution is 0.199. The zero-order valence-electron chi connectivity index (χ0n) is 13.5. The number of nitrogens with one attached hydrogen (secondary N) is 1. The predicted octanol–water partition coefficient (Wildman–Crippen LogP) is 2.98. The third-order valence-corrected chi connectivity index (χ3v) is 4.29. The van der Waals surface area contributed by atoms with Crippen LogP contribution >= 0.6 is 0 Å². The fourth-order valence-corrected chi connectivity index (χ4v) is 3.20. The van der Waals surface area contributed by atoms with Crippen LogP contribution in [0.15, 0.2) is 18.3 Å². The molecular weight excluding hydrogens is 262 g/mol. The summed E-state index contributed by atoms with van der Waals surface area (Å²) in [5.41, 5.74) is 1.29. The van der Waals surface area contributed by atoms with Crippen molar-refractivity contribution < 1.29 is 4.74 Å². The number of methoxy groups -OCH3 is 1. The molecule has 0 saturated heterocycles. The van der Waals surface area contributed by atoms with Gasteiger partial charge in [0.1, 0.15) is 5.82 Å². The molecule has 21 heavy (non-hydrogen) atoms. The average molecular weight is 291 g/mol. The van der Waals surface area contributed by atoms with E-state index in [1.165, 1.54) is 37.7 Å². The van der Waals surface area contributed by atoms with E-state index in [-0.39, 0.29) is 0 Å². The van der Waals surface area contributed by atoms with Gasteiger partial charge in [-0.05, 0) is 25.8 Å². The maximum absolute atomic E-state index is 5.09. The van der Waals surface area contributed by atoms with Gasteiger partial charge in [0.05, 0.1) is 6.61 Å². The van der Waals surface area contributed by atoms with Crippen LogP contribution in [0.1, 0.15) is 44.6 Å². The molecule has 1 fully saturated rings. The minimum atomic E-state index is 0.663. The van der Waals surface area contributed by atoms with Crippen LogP contribution in [0.4, 0.5) is 5.82 Å². The monoisotopic (exact) mass is 291 g/mol. The first kappa shape index (κ1) is 16.2. The van der Waals surface area contributed by atoms with Crippen LogP contribution in [0.25, 0.3) is 0 Å². The van der Waals surface area contributed by atoms with Crippen molar-refractivity contribution in [3.8, 4) is 0 Å². The van der Waals surface area contributed by atoms with Gasteiger partial charge in [0.15, 0.2) is 0 Å². The van der Waals surface area contributed by atoms with Gasteiger partial charge in [-0.3, -0.25) is 0 Å². The number of aromatic nitrogens is 1. The SMILES string of the molecule is CCN(c1ncccc1CNCCOC)C1CCCCC1. The number of pyridine rings is 1. The molecule has 4 heteroatoms. The van der Waals surface area contributed by atoms with Crippen LogP contribution in [0.5, 0.6) is 0 Å². The molecule has 1 aliphatic carbocycles. The van der Waals surface area contributed by atoms with E-state index in [0.29, 0.717) is 6.04 Å². The number of anilines is 1. The van der Waals surface area contributed by atoms with Gasteiger partial charge in [-0.15, -0.1) is 0 Å². The topological polar surface area (TPSA) is 37.4 Å². The molecule has 0 aliphatic heterocycles. The third-order valence-electron chi connectivity index (χ3n) is 4.29. The highest BCUT2D eigenvalue weighted by molar-refractivity contribution is 5.47.